The van der Waals surface area contributed by atoms with Crippen molar-refractivity contribution in [1.29, 1.82) is 0 Å². The van der Waals surface area contributed by atoms with E-state index in [4.69, 9.17) is 0 Å². The first-order chi connectivity index (χ1) is 9.16. The maximum Gasteiger partial charge on any atom is 0.271 e. The maximum atomic E-state index is 12.1. The fourth-order valence-corrected chi connectivity index (χ4v) is 2.72. The number of fused-ring (bicyclic) bond motifs is 1. The van der Waals surface area contributed by atoms with Crippen LogP contribution in [0.2, 0.25) is 0 Å². The predicted molar refractivity (Wildman–Crippen MR) is 74.8 cm³/mol. The van der Waals surface area contributed by atoms with Crippen molar-refractivity contribution < 1.29 is 4.79 Å². The van der Waals surface area contributed by atoms with Crippen molar-refractivity contribution in [2.75, 3.05) is 0 Å². The minimum absolute atomic E-state index is 0.0158. The highest BCUT2D eigenvalue weighted by molar-refractivity contribution is 9.10. The zero-order chi connectivity index (χ0) is 13.4. The second-order valence-electron chi connectivity index (χ2n) is 4.50. The third-order valence-corrected chi connectivity index (χ3v) is 3.88. The van der Waals surface area contributed by atoms with Crippen molar-refractivity contribution in [2.45, 2.75) is 19.3 Å². The quantitative estimate of drug-likeness (QED) is 0.811. The largest absolute Gasteiger partial charge is 0.292 e. The van der Waals surface area contributed by atoms with Crippen molar-refractivity contribution >= 4 is 21.7 Å². The van der Waals surface area contributed by atoms with Crippen LogP contribution < -0.4 is 5.56 Å². The van der Waals surface area contributed by atoms with Gasteiger partial charge in [-0.1, -0.05) is 12.1 Å². The predicted octanol–water partition coefficient (Wildman–Crippen LogP) is 2.51. The van der Waals surface area contributed by atoms with Gasteiger partial charge >= 0.3 is 0 Å². The molecule has 0 atom stereocenters. The van der Waals surface area contributed by atoms with Gasteiger partial charge in [-0.05, 0) is 46.5 Å². The van der Waals surface area contributed by atoms with Crippen LogP contribution in [0.1, 0.15) is 28.9 Å². The van der Waals surface area contributed by atoms with Crippen LogP contribution in [0.3, 0.4) is 0 Å². The van der Waals surface area contributed by atoms with Crippen molar-refractivity contribution in [3.8, 4) is 5.69 Å². The van der Waals surface area contributed by atoms with Gasteiger partial charge in [0.2, 0.25) is 0 Å². The molecule has 19 heavy (non-hydrogen) atoms. The molecule has 3 rings (SSSR count). The molecule has 0 unspecified atom stereocenters. The average molecular weight is 319 g/mol. The SMILES string of the molecule is O=C1CCCc2cc(=O)n(-c3ccccc3Br)nc21. The van der Waals surface area contributed by atoms with Crippen LogP contribution in [0, 0.1) is 0 Å². The molecule has 5 heteroatoms. The lowest BCUT2D eigenvalue weighted by Crippen LogP contribution is -2.27. The second kappa shape index (κ2) is 4.74. The van der Waals surface area contributed by atoms with Gasteiger partial charge in [0.15, 0.2) is 5.78 Å². The van der Waals surface area contributed by atoms with Gasteiger partial charge < -0.3 is 0 Å². The highest BCUT2D eigenvalue weighted by Crippen LogP contribution is 2.21. The van der Waals surface area contributed by atoms with Gasteiger partial charge in [0.25, 0.3) is 5.56 Å². The van der Waals surface area contributed by atoms with Crippen molar-refractivity contribution in [2.24, 2.45) is 0 Å². The lowest BCUT2D eigenvalue weighted by atomic mass is 9.96. The zero-order valence-corrected chi connectivity index (χ0v) is 11.7. The second-order valence-corrected chi connectivity index (χ2v) is 5.35. The van der Waals surface area contributed by atoms with Gasteiger partial charge in [-0.25, -0.2) is 0 Å². The number of Topliss-reactive ketones (excluding diaryl/α,β-unsaturated/α-hetero) is 1. The van der Waals surface area contributed by atoms with E-state index in [0.717, 1.165) is 22.9 Å². The summed E-state index contributed by atoms with van der Waals surface area (Å²) in [5.41, 5.74) is 1.64. The number of hydrogen-bond donors (Lipinski definition) is 0. The van der Waals surface area contributed by atoms with E-state index >= 15 is 0 Å². The van der Waals surface area contributed by atoms with Gasteiger partial charge in [-0.15, -0.1) is 0 Å². The average Bonchev–Trinajstić information content (AvgIpc) is 2.39. The first-order valence-corrected chi connectivity index (χ1v) is 6.87. The van der Waals surface area contributed by atoms with E-state index in [9.17, 15) is 9.59 Å². The molecule has 0 N–H and O–H groups in total. The summed E-state index contributed by atoms with van der Waals surface area (Å²) in [5, 5.41) is 4.25. The van der Waals surface area contributed by atoms with E-state index in [2.05, 4.69) is 21.0 Å². The van der Waals surface area contributed by atoms with Crippen LogP contribution in [0.25, 0.3) is 5.69 Å². The smallest absolute Gasteiger partial charge is 0.271 e. The number of para-hydroxylation sites is 1. The fourth-order valence-electron chi connectivity index (χ4n) is 2.27. The third kappa shape index (κ3) is 2.14. The number of rotatable bonds is 1. The Morgan fingerprint density at radius 2 is 1.95 bits per heavy atom. The number of carbonyl (C=O) groups excluding carboxylic acids is 1. The topological polar surface area (TPSA) is 52.0 Å². The highest BCUT2D eigenvalue weighted by atomic mass is 79.9. The Labute approximate surface area is 118 Å². The summed E-state index contributed by atoms with van der Waals surface area (Å²) in [6.45, 7) is 0. The molecular formula is C14H11BrN2O2. The molecule has 1 aliphatic carbocycles. The van der Waals surface area contributed by atoms with E-state index < -0.39 is 0 Å². The molecule has 0 radical (unpaired) electrons. The Balaban J connectivity index is 2.24. The molecule has 0 saturated heterocycles. The van der Waals surface area contributed by atoms with E-state index in [-0.39, 0.29) is 11.3 Å². The number of halogens is 1. The molecule has 1 aromatic heterocycles. The molecule has 0 aliphatic heterocycles. The Morgan fingerprint density at radius 3 is 2.74 bits per heavy atom. The van der Waals surface area contributed by atoms with E-state index in [1.54, 1.807) is 6.07 Å². The highest BCUT2D eigenvalue weighted by Gasteiger charge is 2.21. The van der Waals surface area contributed by atoms with E-state index in [1.165, 1.54) is 10.7 Å². The monoisotopic (exact) mass is 318 g/mol. The molecule has 4 nitrogen and oxygen atoms in total. The number of hydrogen-bond acceptors (Lipinski definition) is 3. The van der Waals surface area contributed by atoms with Gasteiger partial charge in [0.05, 0.1) is 5.69 Å². The Hall–Kier alpha value is -1.75. The Bertz CT molecular complexity index is 722. The molecule has 1 heterocycles. The van der Waals surface area contributed by atoms with E-state index in [1.807, 2.05) is 18.2 Å². The summed E-state index contributed by atoms with van der Waals surface area (Å²) in [5.74, 6) is 0.0158. The van der Waals surface area contributed by atoms with Crippen molar-refractivity contribution in [3.05, 3.63) is 56.4 Å². The van der Waals surface area contributed by atoms with Crippen LogP contribution in [-0.4, -0.2) is 15.6 Å². The Kier molecular flexibility index (Phi) is 3.06. The number of aryl methyl sites for hydroxylation is 1. The van der Waals surface area contributed by atoms with Crippen LogP contribution in [0.15, 0.2) is 39.6 Å². The number of benzene rings is 1. The minimum atomic E-state index is -0.208. The van der Waals surface area contributed by atoms with E-state index in [0.29, 0.717) is 17.8 Å². The fraction of sp³-hybridized carbons (Fsp3) is 0.214. The first kappa shape index (κ1) is 12.3. The zero-order valence-electron chi connectivity index (χ0n) is 10.1. The number of carbonyl (C=O) groups is 1. The molecule has 0 saturated carbocycles. The maximum absolute atomic E-state index is 12.1. The first-order valence-electron chi connectivity index (χ1n) is 6.08. The van der Waals surface area contributed by atoms with Gasteiger partial charge in [-0.2, -0.15) is 9.78 Å². The molecule has 1 aromatic carbocycles. The van der Waals surface area contributed by atoms with Crippen LogP contribution in [0.4, 0.5) is 0 Å². The molecule has 96 valence electrons. The number of nitrogens with zero attached hydrogens (tertiary/aromatic N) is 2. The summed E-state index contributed by atoms with van der Waals surface area (Å²) in [6.07, 6.45) is 2.06. The van der Waals surface area contributed by atoms with Crippen molar-refractivity contribution in [3.63, 3.8) is 0 Å². The summed E-state index contributed by atoms with van der Waals surface area (Å²) >= 11 is 3.39. The summed E-state index contributed by atoms with van der Waals surface area (Å²) < 4.78 is 2.05. The lowest BCUT2D eigenvalue weighted by molar-refractivity contribution is 0.0965. The van der Waals surface area contributed by atoms with Crippen LogP contribution in [-0.2, 0) is 6.42 Å². The molecule has 0 fully saturated rings. The number of ketones is 1. The molecule has 0 bridgehead atoms. The lowest BCUT2D eigenvalue weighted by Gasteiger charge is -2.15. The molecule has 2 aromatic rings. The standard InChI is InChI=1S/C14H11BrN2O2/c15-10-5-1-2-6-11(10)17-13(19)8-9-4-3-7-12(18)14(9)16-17/h1-2,5-6,8H,3-4,7H2. The minimum Gasteiger partial charge on any atom is -0.292 e. The molecule has 0 spiro atoms. The third-order valence-electron chi connectivity index (χ3n) is 3.21. The molecule has 1 aliphatic rings. The summed E-state index contributed by atoms with van der Waals surface area (Å²) in [4.78, 5) is 24.0. The van der Waals surface area contributed by atoms with Crippen molar-refractivity contribution in [1.82, 2.24) is 9.78 Å². The summed E-state index contributed by atoms with van der Waals surface area (Å²) in [7, 11) is 0. The number of aromatic nitrogens is 2. The van der Waals surface area contributed by atoms with Gasteiger partial charge in [0, 0.05) is 17.0 Å². The Morgan fingerprint density at radius 1 is 1.16 bits per heavy atom. The normalized spacial score (nSPS) is 14.3. The van der Waals surface area contributed by atoms with Gasteiger partial charge in [-0.3, -0.25) is 9.59 Å². The van der Waals surface area contributed by atoms with Crippen LogP contribution in [0.5, 0.6) is 0 Å². The molecule has 0 amide bonds. The molecular weight excluding hydrogens is 308 g/mol. The summed E-state index contributed by atoms with van der Waals surface area (Å²) in [6, 6.07) is 8.85. The van der Waals surface area contributed by atoms with Gasteiger partial charge in [0.1, 0.15) is 5.69 Å². The van der Waals surface area contributed by atoms with Crippen LogP contribution >= 0.6 is 15.9 Å².